The van der Waals surface area contributed by atoms with Crippen LogP contribution in [0.1, 0.15) is 73.2 Å². The molecule has 0 amide bonds. The van der Waals surface area contributed by atoms with Crippen molar-refractivity contribution in [2.45, 2.75) is 70.1 Å². The van der Waals surface area contributed by atoms with E-state index in [1.807, 2.05) is 0 Å². The molecule has 1 aromatic heterocycles. The third-order valence-corrected chi connectivity index (χ3v) is 5.58. The van der Waals surface area contributed by atoms with Crippen molar-refractivity contribution in [3.8, 4) is 0 Å². The monoisotopic (exact) mass is 241 g/mol. The maximum atomic E-state index is 4.82. The van der Waals surface area contributed by atoms with Crippen LogP contribution in [0.3, 0.4) is 0 Å². The summed E-state index contributed by atoms with van der Waals surface area (Å²) in [6, 6.07) is 0. The van der Waals surface area contributed by atoms with Gasteiger partial charge < -0.3 is 0 Å². The molecule has 1 heteroatoms. The van der Waals surface area contributed by atoms with Gasteiger partial charge in [0.15, 0.2) is 0 Å². The van der Waals surface area contributed by atoms with Gasteiger partial charge in [-0.15, -0.1) is 0 Å². The van der Waals surface area contributed by atoms with Gasteiger partial charge in [-0.25, -0.2) is 0 Å². The van der Waals surface area contributed by atoms with E-state index in [4.69, 9.17) is 4.98 Å². The van der Waals surface area contributed by atoms with Crippen molar-refractivity contribution in [1.82, 2.24) is 4.98 Å². The quantitative estimate of drug-likeness (QED) is 0.664. The Labute approximate surface area is 110 Å². The van der Waals surface area contributed by atoms with Gasteiger partial charge in [-0.2, -0.15) is 0 Å². The van der Waals surface area contributed by atoms with E-state index in [-0.39, 0.29) is 0 Å². The molecule has 0 bridgehead atoms. The molecular formula is C17H23N. The van der Waals surface area contributed by atoms with Crippen LogP contribution in [0, 0.1) is 5.92 Å². The third kappa shape index (κ3) is 1.63. The second kappa shape index (κ2) is 4.36. The minimum absolute atomic E-state index is 0.863. The highest BCUT2D eigenvalue weighted by atomic mass is 14.7. The van der Waals surface area contributed by atoms with Crippen LogP contribution in [0.2, 0.25) is 0 Å². The van der Waals surface area contributed by atoms with Crippen LogP contribution in [0.15, 0.2) is 6.20 Å². The number of pyridine rings is 1. The fraction of sp³-hybridized carbons (Fsp3) is 0.706. The SMILES string of the molecule is c1nc2c(c3c1[C@H]1CCCC[C@H]1CC3)CCCC2. The Bertz CT molecular complexity index is 463. The molecule has 96 valence electrons. The number of rotatable bonds is 0. The van der Waals surface area contributed by atoms with Crippen LogP contribution in [0.4, 0.5) is 0 Å². The first-order valence-corrected chi connectivity index (χ1v) is 7.93. The number of aryl methyl sites for hydroxylation is 1. The third-order valence-electron chi connectivity index (χ3n) is 5.58. The lowest BCUT2D eigenvalue weighted by atomic mass is 9.67. The van der Waals surface area contributed by atoms with Crippen LogP contribution in [-0.4, -0.2) is 4.98 Å². The van der Waals surface area contributed by atoms with Crippen molar-refractivity contribution in [2.75, 3.05) is 0 Å². The fourth-order valence-corrected chi connectivity index (χ4v) is 4.66. The predicted octanol–water partition coefficient (Wildman–Crippen LogP) is 4.18. The van der Waals surface area contributed by atoms with Crippen molar-refractivity contribution in [3.05, 3.63) is 28.6 Å². The Morgan fingerprint density at radius 3 is 2.72 bits per heavy atom. The summed E-state index contributed by atoms with van der Waals surface area (Å²) >= 11 is 0. The van der Waals surface area contributed by atoms with E-state index < -0.39 is 0 Å². The number of aromatic nitrogens is 1. The fourth-order valence-electron chi connectivity index (χ4n) is 4.66. The van der Waals surface area contributed by atoms with Gasteiger partial charge >= 0.3 is 0 Å². The molecule has 18 heavy (non-hydrogen) atoms. The molecule has 2 atom stereocenters. The first kappa shape index (κ1) is 11.0. The van der Waals surface area contributed by atoms with Crippen molar-refractivity contribution >= 4 is 0 Å². The maximum absolute atomic E-state index is 4.82. The number of hydrogen-bond acceptors (Lipinski definition) is 1. The normalized spacial score (nSPS) is 30.2. The average molecular weight is 241 g/mol. The van der Waals surface area contributed by atoms with Gasteiger partial charge in [0.1, 0.15) is 0 Å². The van der Waals surface area contributed by atoms with Crippen molar-refractivity contribution in [1.29, 1.82) is 0 Å². The minimum atomic E-state index is 0.863. The summed E-state index contributed by atoms with van der Waals surface area (Å²) in [6.07, 6.45) is 16.2. The van der Waals surface area contributed by atoms with E-state index in [1.54, 1.807) is 16.7 Å². The van der Waals surface area contributed by atoms with Crippen LogP contribution in [0.5, 0.6) is 0 Å². The summed E-state index contributed by atoms with van der Waals surface area (Å²) in [6.45, 7) is 0. The zero-order chi connectivity index (χ0) is 11.9. The van der Waals surface area contributed by atoms with Gasteiger partial charge in [-0.1, -0.05) is 12.8 Å². The standard InChI is InChI=1S/C17H23N/c1-2-6-13-12(5-1)9-10-14-15-7-3-4-8-17(15)18-11-16(13)14/h11-13H,1-10H2/t12-,13-/m0/s1. The number of nitrogens with zero attached hydrogens (tertiary/aromatic N) is 1. The van der Waals surface area contributed by atoms with Gasteiger partial charge in [0.25, 0.3) is 0 Å². The highest BCUT2D eigenvalue weighted by molar-refractivity contribution is 5.42. The zero-order valence-corrected chi connectivity index (χ0v) is 11.3. The van der Waals surface area contributed by atoms with Gasteiger partial charge in [0, 0.05) is 11.9 Å². The lowest BCUT2D eigenvalue weighted by Gasteiger charge is -2.38. The zero-order valence-electron chi connectivity index (χ0n) is 11.3. The topological polar surface area (TPSA) is 12.9 Å². The lowest BCUT2D eigenvalue weighted by Crippen LogP contribution is -2.26. The van der Waals surface area contributed by atoms with Gasteiger partial charge in [0.05, 0.1) is 0 Å². The molecule has 0 saturated heterocycles. The Kier molecular flexibility index (Phi) is 2.67. The van der Waals surface area contributed by atoms with E-state index in [0.717, 1.165) is 11.8 Å². The van der Waals surface area contributed by atoms with Crippen molar-refractivity contribution < 1.29 is 0 Å². The van der Waals surface area contributed by atoms with E-state index in [2.05, 4.69) is 6.20 Å². The van der Waals surface area contributed by atoms with Gasteiger partial charge in [0.2, 0.25) is 0 Å². The Morgan fingerprint density at radius 2 is 1.72 bits per heavy atom. The number of hydrogen-bond donors (Lipinski definition) is 0. The first-order valence-electron chi connectivity index (χ1n) is 7.93. The summed E-state index contributed by atoms with van der Waals surface area (Å²) in [5.74, 6) is 1.84. The summed E-state index contributed by atoms with van der Waals surface area (Å²) in [5.41, 5.74) is 6.51. The summed E-state index contributed by atoms with van der Waals surface area (Å²) in [4.78, 5) is 4.82. The Balaban J connectivity index is 1.79. The van der Waals surface area contributed by atoms with E-state index in [0.29, 0.717) is 0 Å². The molecular weight excluding hydrogens is 218 g/mol. The molecule has 0 aromatic carbocycles. The van der Waals surface area contributed by atoms with Gasteiger partial charge in [-0.3, -0.25) is 4.98 Å². The molecule has 0 aliphatic heterocycles. The first-order chi connectivity index (χ1) is 8.93. The molecule has 3 aliphatic rings. The second-order valence-electron chi connectivity index (χ2n) is 6.51. The number of fused-ring (bicyclic) bond motifs is 5. The Hall–Kier alpha value is -0.850. The molecule has 0 N–H and O–H groups in total. The second-order valence-corrected chi connectivity index (χ2v) is 6.51. The maximum Gasteiger partial charge on any atom is 0.0438 e. The molecule has 0 unspecified atom stereocenters. The van der Waals surface area contributed by atoms with Crippen molar-refractivity contribution in [2.24, 2.45) is 5.92 Å². The van der Waals surface area contributed by atoms with Crippen LogP contribution in [-0.2, 0) is 19.3 Å². The minimum Gasteiger partial charge on any atom is -0.261 e. The molecule has 1 fully saturated rings. The largest absolute Gasteiger partial charge is 0.261 e. The molecule has 1 nitrogen and oxygen atoms in total. The van der Waals surface area contributed by atoms with E-state index in [1.165, 1.54) is 69.9 Å². The van der Waals surface area contributed by atoms with E-state index in [9.17, 15) is 0 Å². The molecule has 1 saturated carbocycles. The van der Waals surface area contributed by atoms with Crippen molar-refractivity contribution in [3.63, 3.8) is 0 Å². The van der Waals surface area contributed by atoms with Gasteiger partial charge in [-0.05, 0) is 79.9 Å². The summed E-state index contributed by atoms with van der Waals surface area (Å²) < 4.78 is 0. The highest BCUT2D eigenvalue weighted by Gasteiger charge is 2.33. The van der Waals surface area contributed by atoms with Crippen LogP contribution >= 0.6 is 0 Å². The lowest BCUT2D eigenvalue weighted by molar-refractivity contribution is 0.274. The van der Waals surface area contributed by atoms with Crippen LogP contribution < -0.4 is 0 Å². The smallest absolute Gasteiger partial charge is 0.0438 e. The van der Waals surface area contributed by atoms with Crippen LogP contribution in [0.25, 0.3) is 0 Å². The molecule has 0 spiro atoms. The molecule has 3 aliphatic carbocycles. The highest BCUT2D eigenvalue weighted by Crippen LogP contribution is 2.46. The Morgan fingerprint density at radius 1 is 0.833 bits per heavy atom. The van der Waals surface area contributed by atoms with E-state index >= 15 is 0 Å². The summed E-state index contributed by atoms with van der Waals surface area (Å²) in [7, 11) is 0. The molecule has 0 radical (unpaired) electrons. The molecule has 4 rings (SSSR count). The predicted molar refractivity (Wildman–Crippen MR) is 73.9 cm³/mol. The average Bonchev–Trinajstić information content (AvgIpc) is 2.46. The molecule has 1 aromatic rings. The molecule has 1 heterocycles. The summed E-state index contributed by atoms with van der Waals surface area (Å²) in [5, 5.41) is 0.